The molecule has 0 atom stereocenters. The molecule has 1 aliphatic rings. The van der Waals surface area contributed by atoms with Gasteiger partial charge in [-0.15, -0.1) is 0 Å². The van der Waals surface area contributed by atoms with Crippen LogP contribution < -0.4 is 20.1 Å². The molecule has 0 spiro atoms. The van der Waals surface area contributed by atoms with Crippen molar-refractivity contribution in [3.8, 4) is 17.1 Å². The lowest BCUT2D eigenvalue weighted by Crippen LogP contribution is -3.12. The lowest BCUT2D eigenvalue weighted by atomic mass is 10.1. The zero-order valence-corrected chi connectivity index (χ0v) is 15.1. The molecule has 2 N–H and O–H groups in total. The first-order valence-corrected chi connectivity index (χ1v) is 8.89. The number of benzene rings is 2. The highest BCUT2D eigenvalue weighted by Gasteiger charge is 2.17. The minimum atomic E-state index is -0.109. The van der Waals surface area contributed by atoms with Gasteiger partial charge in [0.15, 0.2) is 0 Å². The molecule has 0 saturated carbocycles. The van der Waals surface area contributed by atoms with Gasteiger partial charge in [-0.25, -0.2) is 4.98 Å². The highest BCUT2D eigenvalue weighted by molar-refractivity contribution is 5.83. The highest BCUT2D eigenvalue weighted by atomic mass is 16.5. The smallest absolute Gasteiger partial charge is 0.259 e. The molecule has 0 bridgehead atoms. The Bertz CT molecular complexity index is 973. The number of quaternary nitrogens is 1. The molecule has 1 fully saturated rings. The van der Waals surface area contributed by atoms with E-state index in [9.17, 15) is 4.79 Å². The maximum Gasteiger partial charge on any atom is 0.259 e. The first-order valence-electron chi connectivity index (χ1n) is 8.89. The van der Waals surface area contributed by atoms with Crippen molar-refractivity contribution in [1.82, 2.24) is 9.97 Å². The molecule has 0 radical (unpaired) electrons. The number of anilines is 1. The molecule has 2 heterocycles. The van der Waals surface area contributed by atoms with Crippen LogP contribution >= 0.6 is 0 Å². The van der Waals surface area contributed by atoms with Crippen molar-refractivity contribution in [2.24, 2.45) is 0 Å². The van der Waals surface area contributed by atoms with Gasteiger partial charge in [0, 0.05) is 11.3 Å². The van der Waals surface area contributed by atoms with E-state index in [4.69, 9.17) is 4.74 Å². The third kappa shape index (κ3) is 3.15. The molecule has 0 aliphatic carbocycles. The summed E-state index contributed by atoms with van der Waals surface area (Å²) in [5, 5.41) is 0.631. The number of piperazine rings is 1. The molecule has 6 nitrogen and oxygen atoms in total. The number of ether oxygens (including phenoxy) is 1. The number of aromatic amines is 1. The topological polar surface area (TPSA) is 62.7 Å². The van der Waals surface area contributed by atoms with Crippen LogP contribution in [0.25, 0.3) is 22.3 Å². The van der Waals surface area contributed by atoms with E-state index in [0.717, 1.165) is 43.2 Å². The molecule has 1 saturated heterocycles. The largest absolute Gasteiger partial charge is 0.497 e. The number of nitrogens with zero attached hydrogens (tertiary/aromatic N) is 2. The SMILES string of the molecule is COc1ccc(-c2nc3ccc(N4CC[NH+](C)CC4)cc3c(=O)[nH]2)cc1. The van der Waals surface area contributed by atoms with Gasteiger partial charge in [0.2, 0.25) is 0 Å². The van der Waals surface area contributed by atoms with E-state index in [2.05, 4.69) is 28.0 Å². The molecule has 0 unspecified atom stereocenters. The van der Waals surface area contributed by atoms with Gasteiger partial charge in [-0.05, 0) is 42.5 Å². The van der Waals surface area contributed by atoms with E-state index < -0.39 is 0 Å². The molecule has 134 valence electrons. The Hall–Kier alpha value is -2.86. The number of fused-ring (bicyclic) bond motifs is 1. The Morgan fingerprint density at radius 2 is 1.85 bits per heavy atom. The number of rotatable bonds is 3. The van der Waals surface area contributed by atoms with Crippen LogP contribution in [-0.4, -0.2) is 50.3 Å². The molecule has 3 aromatic rings. The second kappa shape index (κ2) is 6.80. The van der Waals surface area contributed by atoms with Crippen LogP contribution in [0.15, 0.2) is 47.3 Å². The lowest BCUT2D eigenvalue weighted by molar-refractivity contribution is -0.880. The van der Waals surface area contributed by atoms with Crippen LogP contribution in [0.2, 0.25) is 0 Å². The van der Waals surface area contributed by atoms with E-state index >= 15 is 0 Å². The molecule has 6 heteroatoms. The number of hydrogen-bond donors (Lipinski definition) is 2. The van der Waals surface area contributed by atoms with E-state index in [-0.39, 0.29) is 5.56 Å². The van der Waals surface area contributed by atoms with E-state index in [0.29, 0.717) is 16.7 Å². The second-order valence-corrected chi connectivity index (χ2v) is 6.79. The Morgan fingerprint density at radius 1 is 1.12 bits per heavy atom. The van der Waals surface area contributed by atoms with Crippen molar-refractivity contribution in [2.75, 3.05) is 45.2 Å². The zero-order chi connectivity index (χ0) is 18.1. The van der Waals surface area contributed by atoms with Crippen molar-refractivity contribution in [1.29, 1.82) is 0 Å². The minimum Gasteiger partial charge on any atom is -0.497 e. The van der Waals surface area contributed by atoms with Gasteiger partial charge in [-0.1, -0.05) is 0 Å². The predicted molar refractivity (Wildman–Crippen MR) is 103 cm³/mol. The third-order valence-electron chi connectivity index (χ3n) is 5.03. The molecule has 2 aromatic carbocycles. The summed E-state index contributed by atoms with van der Waals surface area (Å²) in [5.74, 6) is 1.34. The van der Waals surface area contributed by atoms with Crippen LogP contribution in [-0.2, 0) is 0 Å². The van der Waals surface area contributed by atoms with E-state index in [1.54, 1.807) is 12.0 Å². The number of methoxy groups -OCH3 is 1. The minimum absolute atomic E-state index is 0.109. The van der Waals surface area contributed by atoms with Crippen molar-refractivity contribution < 1.29 is 9.64 Å². The molecule has 0 amide bonds. The number of hydrogen-bond acceptors (Lipinski definition) is 4. The summed E-state index contributed by atoms with van der Waals surface area (Å²) in [6.07, 6.45) is 0. The Labute approximate surface area is 152 Å². The summed E-state index contributed by atoms with van der Waals surface area (Å²) in [7, 11) is 3.84. The van der Waals surface area contributed by atoms with E-state index in [1.807, 2.05) is 36.4 Å². The maximum atomic E-state index is 12.6. The molecular formula is C20H23N4O2+. The molecular weight excluding hydrogens is 328 g/mol. The van der Waals surface area contributed by atoms with Crippen molar-refractivity contribution in [2.45, 2.75) is 0 Å². The van der Waals surface area contributed by atoms with Gasteiger partial charge in [-0.2, -0.15) is 0 Å². The number of nitrogens with one attached hydrogen (secondary N) is 2. The highest BCUT2D eigenvalue weighted by Crippen LogP contribution is 2.22. The molecule has 4 rings (SSSR count). The summed E-state index contributed by atoms with van der Waals surface area (Å²) in [6.45, 7) is 4.24. The molecule has 1 aliphatic heterocycles. The van der Waals surface area contributed by atoms with E-state index in [1.165, 1.54) is 0 Å². The number of aromatic nitrogens is 2. The van der Waals surface area contributed by atoms with Crippen LogP contribution in [0.5, 0.6) is 5.75 Å². The van der Waals surface area contributed by atoms with Gasteiger partial charge in [0.1, 0.15) is 11.6 Å². The Kier molecular flexibility index (Phi) is 4.34. The van der Waals surface area contributed by atoms with Gasteiger partial charge in [0.25, 0.3) is 5.56 Å². The molecule has 26 heavy (non-hydrogen) atoms. The fourth-order valence-electron chi connectivity index (χ4n) is 3.36. The first kappa shape index (κ1) is 16.6. The van der Waals surface area contributed by atoms with Crippen molar-refractivity contribution in [3.05, 3.63) is 52.8 Å². The Morgan fingerprint density at radius 3 is 2.54 bits per heavy atom. The zero-order valence-electron chi connectivity index (χ0n) is 15.1. The fourth-order valence-corrected chi connectivity index (χ4v) is 3.36. The summed E-state index contributed by atoms with van der Waals surface area (Å²) in [4.78, 5) is 24.1. The normalized spacial score (nSPS) is 15.4. The monoisotopic (exact) mass is 351 g/mol. The van der Waals surface area contributed by atoms with Gasteiger partial charge < -0.3 is 19.5 Å². The summed E-state index contributed by atoms with van der Waals surface area (Å²) in [6, 6.07) is 13.5. The maximum absolute atomic E-state index is 12.6. The average molecular weight is 351 g/mol. The summed E-state index contributed by atoms with van der Waals surface area (Å²) >= 11 is 0. The lowest BCUT2D eigenvalue weighted by Gasteiger charge is -2.31. The van der Waals surface area contributed by atoms with Crippen LogP contribution in [0, 0.1) is 0 Å². The summed E-state index contributed by atoms with van der Waals surface area (Å²) < 4.78 is 5.18. The van der Waals surface area contributed by atoms with Gasteiger partial charge in [0.05, 0.1) is 51.2 Å². The predicted octanol–water partition coefficient (Wildman–Crippen LogP) is 0.933. The second-order valence-electron chi connectivity index (χ2n) is 6.79. The average Bonchev–Trinajstić information content (AvgIpc) is 2.68. The third-order valence-corrected chi connectivity index (χ3v) is 5.03. The van der Waals surface area contributed by atoms with Gasteiger partial charge >= 0.3 is 0 Å². The standard InChI is InChI=1S/C20H22N4O2/c1-23-9-11-24(12-10-23)15-5-8-18-17(13-15)20(25)22-19(21-18)14-3-6-16(26-2)7-4-14/h3-8,13H,9-12H2,1-2H3,(H,21,22,25)/p+1. The van der Waals surface area contributed by atoms with Crippen LogP contribution in [0.3, 0.4) is 0 Å². The van der Waals surface area contributed by atoms with Crippen LogP contribution in [0.4, 0.5) is 5.69 Å². The fraction of sp³-hybridized carbons (Fsp3) is 0.300. The number of H-pyrrole nitrogens is 1. The first-order chi connectivity index (χ1) is 12.6. The van der Waals surface area contributed by atoms with Gasteiger partial charge in [-0.3, -0.25) is 4.79 Å². The number of likely N-dealkylation sites (N-methyl/N-ethyl adjacent to an activating group) is 1. The molecule has 1 aromatic heterocycles. The Balaban J connectivity index is 1.69. The van der Waals surface area contributed by atoms with Crippen molar-refractivity contribution >= 4 is 16.6 Å². The van der Waals surface area contributed by atoms with Crippen molar-refractivity contribution in [3.63, 3.8) is 0 Å². The summed E-state index contributed by atoms with van der Waals surface area (Å²) in [5.41, 5.74) is 2.55. The van der Waals surface area contributed by atoms with Crippen LogP contribution in [0.1, 0.15) is 0 Å². The quantitative estimate of drug-likeness (QED) is 0.737.